The van der Waals surface area contributed by atoms with Gasteiger partial charge in [0.15, 0.2) is 0 Å². The Morgan fingerprint density at radius 2 is 1.97 bits per heavy atom. The molecule has 10 heteroatoms. The molecule has 7 nitrogen and oxygen atoms in total. The Kier molecular flexibility index (Phi) is 10.6. The van der Waals surface area contributed by atoms with Crippen molar-refractivity contribution in [1.29, 1.82) is 0 Å². The summed E-state index contributed by atoms with van der Waals surface area (Å²) in [4.78, 5) is 10.4. The molecular formula is C22H29ClFO7P. The Morgan fingerprint density at radius 3 is 2.59 bits per heavy atom. The third kappa shape index (κ3) is 7.25. The number of allylic oxidation sites excluding steroid dienone is 4. The maximum absolute atomic E-state index is 14.0. The second-order valence-corrected chi connectivity index (χ2v) is 9.45. The summed E-state index contributed by atoms with van der Waals surface area (Å²) in [5.41, 5.74) is 0.227. The van der Waals surface area contributed by atoms with Crippen molar-refractivity contribution in [3.63, 3.8) is 0 Å². The summed E-state index contributed by atoms with van der Waals surface area (Å²) in [6, 6.07) is 4.30. The molecule has 0 amide bonds. The highest BCUT2D eigenvalue weighted by Crippen LogP contribution is 2.40. The van der Waals surface area contributed by atoms with Crippen LogP contribution in [0.3, 0.4) is 0 Å². The summed E-state index contributed by atoms with van der Waals surface area (Å²) in [7, 11) is -0.143. The highest BCUT2D eigenvalue weighted by atomic mass is 35.5. The van der Waals surface area contributed by atoms with E-state index in [0.29, 0.717) is 5.76 Å². The molecule has 4 N–H and O–H groups in total. The van der Waals surface area contributed by atoms with Gasteiger partial charge in [0.2, 0.25) is 6.29 Å². The molecule has 1 aliphatic heterocycles. The van der Waals surface area contributed by atoms with E-state index in [1.54, 1.807) is 25.1 Å². The van der Waals surface area contributed by atoms with Crippen molar-refractivity contribution in [3.05, 3.63) is 70.9 Å². The van der Waals surface area contributed by atoms with Crippen LogP contribution in [0.25, 0.3) is 0 Å². The molecule has 1 saturated heterocycles. The topological polar surface area (TPSA) is 109 Å². The van der Waals surface area contributed by atoms with E-state index >= 15 is 0 Å². The van der Waals surface area contributed by atoms with Gasteiger partial charge in [-0.05, 0) is 49.9 Å². The molecule has 2 rings (SSSR count). The number of hydrogen-bond donors (Lipinski definition) is 4. The number of hydrogen-bond acceptors (Lipinski definition) is 7. The van der Waals surface area contributed by atoms with Gasteiger partial charge < -0.3 is 34.4 Å². The lowest BCUT2D eigenvalue weighted by molar-refractivity contribution is -0.285. The Morgan fingerprint density at radius 1 is 1.25 bits per heavy atom. The fourth-order valence-electron chi connectivity index (χ4n) is 3.03. The minimum atomic E-state index is -1.66. The van der Waals surface area contributed by atoms with Crippen molar-refractivity contribution in [3.8, 4) is 0 Å². The third-order valence-corrected chi connectivity index (χ3v) is 6.81. The van der Waals surface area contributed by atoms with Gasteiger partial charge in [-0.3, -0.25) is 0 Å². The molecule has 0 bridgehead atoms. The normalized spacial score (nSPS) is 27.7. The third-order valence-electron chi connectivity index (χ3n) is 5.00. The van der Waals surface area contributed by atoms with Gasteiger partial charge >= 0.3 is 0 Å². The van der Waals surface area contributed by atoms with E-state index in [4.69, 9.17) is 25.8 Å². The van der Waals surface area contributed by atoms with Crippen LogP contribution in [-0.4, -0.2) is 64.2 Å². The first-order chi connectivity index (χ1) is 15.2. The van der Waals surface area contributed by atoms with Gasteiger partial charge in [-0.15, -0.1) is 0 Å². The fourth-order valence-corrected chi connectivity index (χ4v) is 4.75. The lowest BCUT2D eigenvalue weighted by atomic mass is 9.97. The molecule has 0 aromatic heterocycles. The van der Waals surface area contributed by atoms with Crippen LogP contribution < -0.4 is 0 Å². The molecule has 1 aromatic carbocycles. The molecule has 32 heavy (non-hydrogen) atoms. The number of rotatable bonds is 10. The Labute approximate surface area is 193 Å². The summed E-state index contributed by atoms with van der Waals surface area (Å²) in [5.74, 6) is 0.366. The van der Waals surface area contributed by atoms with Crippen LogP contribution in [0, 0.1) is 5.82 Å². The van der Waals surface area contributed by atoms with E-state index < -0.39 is 44.7 Å². The quantitative estimate of drug-likeness (QED) is 0.226. The average molecular weight is 491 g/mol. The standard InChI is InChI=1S/C22H29ClFO7P/c1-4-14(9-8-13(2)29-3)30-22-21(27)20(26)19(25)18(31-22)10-11-32(28)12-15-16(23)6-5-7-17(15)24/h4-9,18-22,25-28H,1,10-12H2,2-3H3/b13-8+,14-9+/t18?,19-,20?,21?,22+,32?/m1/s1. The lowest BCUT2D eigenvalue weighted by Crippen LogP contribution is -2.58. The zero-order valence-electron chi connectivity index (χ0n) is 17.9. The molecule has 6 atom stereocenters. The minimum absolute atomic E-state index is 0.0449. The first-order valence-corrected chi connectivity index (χ1v) is 12.0. The monoisotopic (exact) mass is 490 g/mol. The molecule has 0 radical (unpaired) electrons. The van der Waals surface area contributed by atoms with Gasteiger partial charge in [-0.2, -0.15) is 0 Å². The van der Waals surface area contributed by atoms with E-state index in [2.05, 4.69) is 6.58 Å². The van der Waals surface area contributed by atoms with E-state index in [-0.39, 0.29) is 35.1 Å². The van der Waals surface area contributed by atoms with Crippen LogP contribution in [0.15, 0.2) is 54.5 Å². The largest absolute Gasteiger partial charge is 0.501 e. The predicted octanol–water partition coefficient (Wildman–Crippen LogP) is 3.20. The van der Waals surface area contributed by atoms with Gasteiger partial charge in [-0.25, -0.2) is 4.39 Å². The van der Waals surface area contributed by atoms with Crippen LogP contribution in [-0.2, 0) is 20.4 Å². The predicted molar refractivity (Wildman–Crippen MR) is 121 cm³/mol. The molecule has 0 saturated carbocycles. The highest BCUT2D eigenvalue weighted by molar-refractivity contribution is 7.50. The zero-order valence-corrected chi connectivity index (χ0v) is 19.5. The van der Waals surface area contributed by atoms with Crippen molar-refractivity contribution in [2.24, 2.45) is 0 Å². The Bertz CT molecular complexity index is 814. The van der Waals surface area contributed by atoms with Crippen molar-refractivity contribution >= 4 is 19.7 Å². The van der Waals surface area contributed by atoms with E-state index in [0.717, 1.165) is 0 Å². The number of aliphatic hydroxyl groups excluding tert-OH is 3. The Hall–Kier alpha value is -1.51. The second-order valence-electron chi connectivity index (χ2n) is 7.26. The van der Waals surface area contributed by atoms with Crippen LogP contribution in [0.4, 0.5) is 4.39 Å². The van der Waals surface area contributed by atoms with Crippen molar-refractivity contribution in [2.75, 3.05) is 13.3 Å². The van der Waals surface area contributed by atoms with Gasteiger partial charge in [-0.1, -0.05) is 24.2 Å². The maximum Gasteiger partial charge on any atom is 0.229 e. The molecule has 4 unspecified atom stereocenters. The smallest absolute Gasteiger partial charge is 0.229 e. The average Bonchev–Trinajstić information content (AvgIpc) is 2.77. The SMILES string of the molecule is C=C/C(=C\C=C(/C)OC)O[C@H]1OC(CCP(O)Cc2c(F)cccc2Cl)[C@@H](O)C(O)C1O. The van der Waals surface area contributed by atoms with Crippen LogP contribution in [0.1, 0.15) is 18.9 Å². The van der Waals surface area contributed by atoms with Crippen LogP contribution >= 0.6 is 19.7 Å². The number of ether oxygens (including phenoxy) is 3. The molecule has 0 aliphatic carbocycles. The molecule has 1 fully saturated rings. The van der Waals surface area contributed by atoms with Gasteiger partial charge in [0.05, 0.1) is 19.0 Å². The van der Waals surface area contributed by atoms with Crippen LogP contribution in [0.2, 0.25) is 5.02 Å². The summed E-state index contributed by atoms with van der Waals surface area (Å²) in [6.07, 6.45) is -1.66. The first-order valence-electron chi connectivity index (χ1n) is 9.96. The molecule has 1 aromatic rings. The van der Waals surface area contributed by atoms with E-state index in [1.165, 1.54) is 25.3 Å². The minimum Gasteiger partial charge on any atom is -0.501 e. The molecule has 0 spiro atoms. The van der Waals surface area contributed by atoms with Crippen LogP contribution in [0.5, 0.6) is 0 Å². The van der Waals surface area contributed by atoms with Crippen molar-refractivity contribution < 1.29 is 38.8 Å². The number of halogens is 2. The van der Waals surface area contributed by atoms with E-state index in [1.807, 2.05) is 0 Å². The van der Waals surface area contributed by atoms with Crippen molar-refractivity contribution in [1.82, 2.24) is 0 Å². The number of methoxy groups -OCH3 is 1. The molecule has 178 valence electrons. The first kappa shape index (κ1) is 26.7. The number of benzene rings is 1. The summed E-state index contributed by atoms with van der Waals surface area (Å²) in [6.45, 7) is 5.37. The molecule has 1 aliphatic rings. The fraction of sp³-hybridized carbons (Fsp3) is 0.455. The maximum atomic E-state index is 14.0. The van der Waals surface area contributed by atoms with Gasteiger partial charge in [0.1, 0.15) is 29.9 Å². The number of aliphatic hydroxyl groups is 3. The Balaban J connectivity index is 2.02. The van der Waals surface area contributed by atoms with Gasteiger partial charge in [0, 0.05) is 24.9 Å². The van der Waals surface area contributed by atoms with Gasteiger partial charge in [0.25, 0.3) is 0 Å². The summed E-state index contributed by atoms with van der Waals surface area (Å²) >= 11 is 6.01. The summed E-state index contributed by atoms with van der Waals surface area (Å²) < 4.78 is 30.3. The second kappa shape index (κ2) is 12.7. The highest BCUT2D eigenvalue weighted by Gasteiger charge is 2.44. The zero-order chi connectivity index (χ0) is 23.8. The van der Waals surface area contributed by atoms with Crippen molar-refractivity contribution in [2.45, 2.75) is 50.2 Å². The molecule has 1 heterocycles. The lowest BCUT2D eigenvalue weighted by Gasteiger charge is -2.40. The molecular weight excluding hydrogens is 462 g/mol. The van der Waals surface area contributed by atoms with E-state index in [9.17, 15) is 24.6 Å². The summed E-state index contributed by atoms with van der Waals surface area (Å²) in [5, 5.41) is 31.0.